The van der Waals surface area contributed by atoms with Gasteiger partial charge in [-0.3, -0.25) is 14.9 Å². The van der Waals surface area contributed by atoms with Crippen LogP contribution in [0.5, 0.6) is 5.75 Å². The Morgan fingerprint density at radius 2 is 2.03 bits per heavy atom. The highest BCUT2D eigenvalue weighted by atomic mass is 16.5. The van der Waals surface area contributed by atoms with E-state index in [-0.39, 0.29) is 12.0 Å². The molecule has 1 atom stereocenters. The molecular weight excluding hydrogens is 364 g/mol. The van der Waals surface area contributed by atoms with Gasteiger partial charge in [-0.1, -0.05) is 24.3 Å². The second-order valence-electron chi connectivity index (χ2n) is 7.14. The van der Waals surface area contributed by atoms with E-state index in [0.717, 1.165) is 40.9 Å². The summed E-state index contributed by atoms with van der Waals surface area (Å²) in [6.07, 6.45) is 3.57. The third-order valence-corrected chi connectivity index (χ3v) is 5.22. The van der Waals surface area contributed by atoms with Crippen LogP contribution in [0.4, 0.5) is 0 Å². The van der Waals surface area contributed by atoms with Crippen molar-refractivity contribution in [3.05, 3.63) is 78.0 Å². The predicted octanol–water partition coefficient (Wildman–Crippen LogP) is 3.75. The van der Waals surface area contributed by atoms with Crippen molar-refractivity contribution in [2.45, 2.75) is 18.9 Å². The highest BCUT2D eigenvalue weighted by Crippen LogP contribution is 2.27. The van der Waals surface area contributed by atoms with Gasteiger partial charge in [-0.25, -0.2) is 0 Å². The molecule has 29 heavy (non-hydrogen) atoms. The Kier molecular flexibility index (Phi) is 4.44. The van der Waals surface area contributed by atoms with Crippen molar-refractivity contribution >= 4 is 16.8 Å². The number of nitrogens with zero attached hydrogens (tertiary/aromatic N) is 2. The molecule has 2 N–H and O–H groups in total. The van der Waals surface area contributed by atoms with Crippen LogP contribution in [0.25, 0.3) is 22.3 Å². The van der Waals surface area contributed by atoms with Crippen LogP contribution in [0.15, 0.2) is 66.9 Å². The first-order valence-corrected chi connectivity index (χ1v) is 9.70. The number of carbonyl (C=O) groups is 1. The molecule has 2 aromatic heterocycles. The van der Waals surface area contributed by atoms with Gasteiger partial charge in [-0.15, -0.1) is 0 Å². The van der Waals surface area contributed by atoms with Gasteiger partial charge in [-0.2, -0.15) is 5.10 Å². The van der Waals surface area contributed by atoms with Crippen LogP contribution >= 0.6 is 0 Å². The van der Waals surface area contributed by atoms with Gasteiger partial charge < -0.3 is 10.1 Å². The van der Waals surface area contributed by atoms with Crippen molar-refractivity contribution in [3.63, 3.8) is 0 Å². The van der Waals surface area contributed by atoms with Gasteiger partial charge in [0.25, 0.3) is 5.91 Å². The lowest BCUT2D eigenvalue weighted by Crippen LogP contribution is -2.37. The van der Waals surface area contributed by atoms with Crippen molar-refractivity contribution in [2.75, 3.05) is 6.54 Å². The molecule has 0 saturated carbocycles. The molecular formula is C23H20N4O2. The molecule has 0 aliphatic carbocycles. The van der Waals surface area contributed by atoms with Crippen LogP contribution in [0, 0.1) is 0 Å². The van der Waals surface area contributed by atoms with E-state index in [1.807, 2.05) is 48.5 Å². The minimum Gasteiger partial charge on any atom is -0.488 e. The number of amides is 1. The standard InChI is InChI=1S/C23H20N4O2/c28-23(25-14-17-10-8-15-5-1-2-7-21(15)29-17)16-9-11-19-18(13-16)22(27-26-19)20-6-3-4-12-24-20/h1-7,9,11-13,17H,8,10,14H2,(H,25,28)(H,26,27)/t17-/m1/s1. The lowest BCUT2D eigenvalue weighted by atomic mass is 10.0. The zero-order valence-corrected chi connectivity index (χ0v) is 15.8. The van der Waals surface area contributed by atoms with Gasteiger partial charge in [0.2, 0.25) is 0 Å². The van der Waals surface area contributed by atoms with E-state index < -0.39 is 0 Å². The Labute approximate surface area is 167 Å². The number of aryl methyl sites for hydroxylation is 1. The number of rotatable bonds is 4. The summed E-state index contributed by atoms with van der Waals surface area (Å²) in [7, 11) is 0. The molecule has 0 saturated heterocycles. The number of aromatic amines is 1. The molecule has 4 aromatic rings. The quantitative estimate of drug-likeness (QED) is 0.562. The fraction of sp³-hybridized carbons (Fsp3) is 0.174. The molecule has 144 valence electrons. The Balaban J connectivity index is 1.31. The summed E-state index contributed by atoms with van der Waals surface area (Å²) in [5.41, 5.74) is 4.19. The molecule has 6 heteroatoms. The molecule has 0 unspecified atom stereocenters. The fourth-order valence-corrected chi connectivity index (χ4v) is 3.69. The van der Waals surface area contributed by atoms with Crippen molar-refractivity contribution in [2.24, 2.45) is 0 Å². The summed E-state index contributed by atoms with van der Waals surface area (Å²) in [6.45, 7) is 0.476. The number of aromatic nitrogens is 3. The smallest absolute Gasteiger partial charge is 0.251 e. The molecule has 5 rings (SSSR count). The molecule has 1 amide bonds. The molecule has 2 aromatic carbocycles. The number of ether oxygens (including phenoxy) is 1. The monoisotopic (exact) mass is 384 g/mol. The predicted molar refractivity (Wildman–Crippen MR) is 111 cm³/mol. The first-order chi connectivity index (χ1) is 14.3. The topological polar surface area (TPSA) is 79.9 Å². The normalized spacial score (nSPS) is 15.5. The number of H-pyrrole nitrogens is 1. The Morgan fingerprint density at radius 1 is 1.14 bits per heavy atom. The van der Waals surface area contributed by atoms with Crippen molar-refractivity contribution in [1.82, 2.24) is 20.5 Å². The maximum Gasteiger partial charge on any atom is 0.251 e. The van der Waals surface area contributed by atoms with Gasteiger partial charge in [-0.05, 0) is 54.8 Å². The third kappa shape index (κ3) is 3.45. The van der Waals surface area contributed by atoms with Gasteiger partial charge in [0.1, 0.15) is 17.5 Å². The van der Waals surface area contributed by atoms with E-state index in [1.54, 1.807) is 12.3 Å². The number of benzene rings is 2. The zero-order valence-electron chi connectivity index (χ0n) is 15.8. The number of nitrogens with one attached hydrogen (secondary N) is 2. The second kappa shape index (κ2) is 7.39. The van der Waals surface area contributed by atoms with Crippen LogP contribution in [-0.4, -0.2) is 33.7 Å². The molecule has 3 heterocycles. The van der Waals surface area contributed by atoms with E-state index in [1.165, 1.54) is 5.56 Å². The maximum atomic E-state index is 12.7. The van der Waals surface area contributed by atoms with Crippen molar-refractivity contribution in [3.8, 4) is 17.1 Å². The van der Waals surface area contributed by atoms with Gasteiger partial charge in [0.05, 0.1) is 17.8 Å². The number of carbonyl (C=O) groups excluding carboxylic acids is 1. The highest BCUT2D eigenvalue weighted by Gasteiger charge is 2.20. The van der Waals surface area contributed by atoms with E-state index in [0.29, 0.717) is 12.1 Å². The van der Waals surface area contributed by atoms with E-state index in [2.05, 4.69) is 26.6 Å². The van der Waals surface area contributed by atoms with Crippen molar-refractivity contribution < 1.29 is 9.53 Å². The van der Waals surface area contributed by atoms with Crippen LogP contribution < -0.4 is 10.1 Å². The summed E-state index contributed by atoms with van der Waals surface area (Å²) >= 11 is 0. The average molecular weight is 384 g/mol. The molecule has 1 aliphatic rings. The third-order valence-electron chi connectivity index (χ3n) is 5.22. The summed E-state index contributed by atoms with van der Waals surface area (Å²) in [5, 5.41) is 11.3. The molecule has 6 nitrogen and oxygen atoms in total. The number of fused-ring (bicyclic) bond motifs is 2. The first kappa shape index (κ1) is 17.4. The van der Waals surface area contributed by atoms with Gasteiger partial charge >= 0.3 is 0 Å². The summed E-state index contributed by atoms with van der Waals surface area (Å²) in [6, 6.07) is 19.3. The number of hydrogen-bond donors (Lipinski definition) is 2. The lowest BCUT2D eigenvalue weighted by molar-refractivity contribution is 0.0918. The van der Waals surface area contributed by atoms with Crippen LogP contribution in [-0.2, 0) is 6.42 Å². The number of para-hydroxylation sites is 1. The Morgan fingerprint density at radius 3 is 2.93 bits per heavy atom. The largest absolute Gasteiger partial charge is 0.488 e. The van der Waals surface area contributed by atoms with Crippen LogP contribution in [0.3, 0.4) is 0 Å². The summed E-state index contributed by atoms with van der Waals surface area (Å²) in [5.74, 6) is 0.792. The Hall–Kier alpha value is -3.67. The Bertz CT molecular complexity index is 1170. The molecule has 0 radical (unpaired) electrons. The zero-order chi connectivity index (χ0) is 19.6. The summed E-state index contributed by atoms with van der Waals surface area (Å²) in [4.78, 5) is 17.1. The molecule has 0 bridgehead atoms. The van der Waals surface area contributed by atoms with Crippen molar-refractivity contribution in [1.29, 1.82) is 0 Å². The van der Waals surface area contributed by atoms with Gasteiger partial charge in [0.15, 0.2) is 0 Å². The maximum absolute atomic E-state index is 12.7. The number of pyridine rings is 1. The SMILES string of the molecule is O=C(NC[C@H]1CCc2ccccc2O1)c1ccc2[nH]nc(-c3ccccn3)c2c1. The molecule has 0 fully saturated rings. The van der Waals surface area contributed by atoms with Crippen LogP contribution in [0.2, 0.25) is 0 Å². The first-order valence-electron chi connectivity index (χ1n) is 9.70. The average Bonchev–Trinajstić information content (AvgIpc) is 3.21. The van der Waals surface area contributed by atoms with Gasteiger partial charge in [0, 0.05) is 17.1 Å². The minimum absolute atomic E-state index is 0.0180. The van der Waals surface area contributed by atoms with E-state index in [4.69, 9.17) is 4.74 Å². The minimum atomic E-state index is -0.123. The highest BCUT2D eigenvalue weighted by molar-refractivity contribution is 6.01. The second-order valence-corrected chi connectivity index (χ2v) is 7.14. The molecule has 0 spiro atoms. The van der Waals surface area contributed by atoms with Crippen LogP contribution in [0.1, 0.15) is 22.3 Å². The van der Waals surface area contributed by atoms with E-state index in [9.17, 15) is 4.79 Å². The summed E-state index contributed by atoms with van der Waals surface area (Å²) < 4.78 is 6.01. The van der Waals surface area contributed by atoms with E-state index >= 15 is 0 Å². The fourth-order valence-electron chi connectivity index (χ4n) is 3.69. The lowest BCUT2D eigenvalue weighted by Gasteiger charge is -2.26. The molecule has 1 aliphatic heterocycles. The number of hydrogen-bond acceptors (Lipinski definition) is 4.